The molecule has 2 heterocycles. The summed E-state index contributed by atoms with van der Waals surface area (Å²) in [6, 6.07) is 20.0. The maximum atomic E-state index is 12.8. The fraction of sp³-hybridized carbons (Fsp3) is 0.282. The molecule has 0 radical (unpaired) electrons. The standard InChI is InChI=1S/C19H21N3O6S.C10H11N3O3.C9H11ClO3S.CH4.I19/c1-5-12-6-8-15(26-3)17(10-12)29(23,24)22-19-21-20-18(28-19)13-7-9-14(25-2)16(11-13)27-4;1-14-7-4-3-6(5-8(7)15-2)9-12-13-10(11)16-9;1-3-7-4-5-8(13-2)9(6-7)14(10,11)12;;1-11-13(4)15(6)17(8)19(10)18(9)16(7)14(5)12(2)3/h6-11H,5H2,1-4H3,(H,21,22);3-5H,1-2H3,(H2,11,13);4-6H,3H2,1-2H3;1H4;/q;;;;-1. The molecular formula is C39H47ClI19N6O12S2-. The second-order valence-electron chi connectivity index (χ2n) is 13.1. The fourth-order valence-corrected chi connectivity index (χ4v) is 2730. The van der Waals surface area contributed by atoms with Crippen molar-refractivity contribution in [1.29, 1.82) is 0 Å². The van der Waals surface area contributed by atoms with E-state index in [9.17, 15) is 16.8 Å². The van der Waals surface area contributed by atoms with Gasteiger partial charge in [0.2, 0.25) is 11.8 Å². The van der Waals surface area contributed by atoms with E-state index in [4.69, 9.17) is 53.7 Å². The minimum atomic E-state index is -4.00. The van der Waals surface area contributed by atoms with Gasteiger partial charge in [-0.25, -0.2) is 21.6 Å². The molecule has 6 aromatic rings. The van der Waals surface area contributed by atoms with E-state index in [2.05, 4.69) is 211 Å². The number of anilines is 2. The van der Waals surface area contributed by atoms with Crippen LogP contribution in [0.2, 0.25) is 0 Å². The number of hydrogen-bond donors (Lipinski definition) is 2. The van der Waals surface area contributed by atoms with E-state index in [-0.39, 0.29) is 102 Å². The van der Waals surface area contributed by atoms with E-state index in [1.165, 1.54) is 34.5 Å². The molecule has 0 atom stereocenters. The van der Waals surface area contributed by atoms with Crippen LogP contribution in [0, 0.1) is 0 Å². The summed E-state index contributed by atoms with van der Waals surface area (Å²) in [6.07, 6.45) is 1.43. The average molecular weight is 3300 g/mol. The van der Waals surface area contributed by atoms with Gasteiger partial charge in [0.05, 0.1) is 42.7 Å². The summed E-state index contributed by atoms with van der Waals surface area (Å²) < 4.78 is 91.7. The Morgan fingerprint density at radius 2 is 0.937 bits per heavy atom. The third-order valence-electron chi connectivity index (χ3n) is 8.79. The van der Waals surface area contributed by atoms with E-state index in [0.29, 0.717) is 54.1 Å². The van der Waals surface area contributed by atoms with Crippen molar-refractivity contribution in [2.75, 3.05) is 53.1 Å². The Hall–Kier alpha value is 7.62. The molecule has 0 aliphatic rings. The zero-order chi connectivity index (χ0) is 58.7. The number of hydrogen-bond acceptors (Lipinski definition) is 17. The van der Waals surface area contributed by atoms with Crippen LogP contribution >= 0.6 is 260 Å². The fourth-order valence-electron chi connectivity index (χ4n) is 5.32. The molecule has 18 nitrogen and oxygen atoms in total. The molecule has 4 aromatic carbocycles. The molecule has 0 fully saturated rings. The number of aromatic nitrogens is 4. The van der Waals surface area contributed by atoms with E-state index < -0.39 is 27.0 Å². The Morgan fingerprint density at radius 1 is 0.544 bits per heavy atom. The van der Waals surface area contributed by atoms with Crippen molar-refractivity contribution in [1.82, 2.24) is 20.4 Å². The number of nitrogens with zero attached hydrogens (tertiary/aromatic N) is 4. The minimum absolute atomic E-state index is 0. The third-order valence-corrected chi connectivity index (χ3v) is 1250. The van der Waals surface area contributed by atoms with Gasteiger partial charge in [0.15, 0.2) is 23.0 Å². The van der Waals surface area contributed by atoms with Crippen LogP contribution in [0.1, 0.15) is 32.4 Å². The van der Waals surface area contributed by atoms with Gasteiger partial charge >= 0.3 is 275 Å². The van der Waals surface area contributed by atoms with Gasteiger partial charge < -0.3 is 43.0 Å². The molecule has 0 aliphatic carbocycles. The number of methoxy groups -OCH3 is 6. The molecule has 0 bridgehead atoms. The van der Waals surface area contributed by atoms with Crippen molar-refractivity contribution in [3.63, 3.8) is 0 Å². The van der Waals surface area contributed by atoms with Crippen LogP contribution in [0.3, 0.4) is 0 Å². The number of sulfonamides is 1. The first-order chi connectivity index (χ1) is 36.8. The molecule has 2 aromatic heterocycles. The van der Waals surface area contributed by atoms with Crippen molar-refractivity contribution in [3.05, 3.63) is 83.9 Å². The molecule has 0 unspecified atom stereocenters. The zero-order valence-corrected chi connectivity index (χ0v) is 83.9. The molecule has 458 valence electrons. The van der Waals surface area contributed by atoms with Gasteiger partial charge in [0, 0.05) is 21.8 Å². The van der Waals surface area contributed by atoms with Crippen molar-refractivity contribution < 1.29 is 67.3 Å². The molecule has 3 N–H and O–H groups in total. The number of aryl methyl sites for hydroxylation is 2. The number of ether oxygens (including phenoxy) is 6. The number of benzene rings is 4. The summed E-state index contributed by atoms with van der Waals surface area (Å²) in [7, 11) is 3.53. The molecule has 0 spiro atoms. The third kappa shape index (κ3) is 27.1. The summed E-state index contributed by atoms with van der Waals surface area (Å²) in [4.78, 5) is 0.0197. The molecule has 0 amide bonds. The van der Waals surface area contributed by atoms with E-state index in [0.717, 1.165) is 23.1 Å². The first-order valence-corrected chi connectivity index (χ1v) is 137. The molecule has 0 saturated carbocycles. The second-order valence-corrected chi connectivity index (χ2v) is 423. The van der Waals surface area contributed by atoms with Crippen molar-refractivity contribution in [3.8, 4) is 57.4 Å². The molecule has 79 heavy (non-hydrogen) atoms. The van der Waals surface area contributed by atoms with Crippen LogP contribution in [-0.2, 0) is 31.9 Å². The summed E-state index contributed by atoms with van der Waals surface area (Å²) >= 11 is 30.9. The van der Waals surface area contributed by atoms with Crippen LogP contribution < -0.4 is 52.1 Å². The summed E-state index contributed by atoms with van der Waals surface area (Å²) in [6.45, 7) is 3.87. The maximum absolute atomic E-state index is 12.8. The second kappa shape index (κ2) is 42.8. The van der Waals surface area contributed by atoms with Gasteiger partial charge in [-0.05, 0) is 84.6 Å². The number of rotatable bonds is 22. The van der Waals surface area contributed by atoms with Gasteiger partial charge in [-0.3, -0.25) is 0 Å². The van der Waals surface area contributed by atoms with Gasteiger partial charge in [0.25, 0.3) is 19.1 Å². The normalized spacial score (nSPS) is 12.4. The van der Waals surface area contributed by atoms with E-state index >= 15 is 0 Å². The van der Waals surface area contributed by atoms with E-state index in [1.54, 1.807) is 74.9 Å². The SMILES string of the molecule is C.CCc1ccc(OC)c(S(=O)(=O)Cl)c1.CCc1ccc(OC)c(S(=O)(=O)Nc2nnc(-c3ccc(OC)c(OC)c3)o2)c1.COc1ccc(-c2nnc(N)o2)cc1OC.I[I-]I(I)I(I)I(I)I(I)I(I)I(I)I(I)I(I)I. The quantitative estimate of drug-likeness (QED) is 0.0474. The van der Waals surface area contributed by atoms with Gasteiger partial charge in [-0.1, -0.05) is 43.6 Å². The van der Waals surface area contributed by atoms with Gasteiger partial charge in [-0.2, -0.15) is 0 Å². The summed E-state index contributed by atoms with van der Waals surface area (Å²) in [5, 5.41) is 15.0. The van der Waals surface area contributed by atoms with Crippen molar-refractivity contribution >= 4 is 291 Å². The molecule has 0 saturated heterocycles. The molecule has 40 heteroatoms. The van der Waals surface area contributed by atoms with Crippen LogP contribution in [0.5, 0.6) is 34.5 Å². The average Bonchev–Trinajstić information content (AvgIpc) is 4.11. The van der Waals surface area contributed by atoms with E-state index in [1.807, 2.05) is 19.9 Å². The molecule has 0 aliphatic heterocycles. The Labute approximate surface area is 600 Å². The monoisotopic (exact) mass is 3300 g/mol. The number of nitrogen functional groups attached to an aromatic ring is 1. The van der Waals surface area contributed by atoms with Gasteiger partial charge in [-0.15, -0.1) is 10.2 Å². The number of nitrogens with two attached hydrogens (primary N) is 1. The Bertz CT molecular complexity index is 3080. The first kappa shape index (κ1) is 82.7. The zero-order valence-electron chi connectivity index (χ0n) is 40.5. The predicted molar refractivity (Wildman–Crippen MR) is 478 cm³/mol. The first-order valence-electron chi connectivity index (χ1n) is 19.9. The topological polar surface area (TPSA) is 240 Å². The van der Waals surface area contributed by atoms with Gasteiger partial charge in [0.1, 0.15) is 21.3 Å². The summed E-state index contributed by atoms with van der Waals surface area (Å²) in [5.74, 6) is 3.21. The van der Waals surface area contributed by atoms with Crippen LogP contribution in [0.25, 0.3) is 22.9 Å². The van der Waals surface area contributed by atoms with Crippen LogP contribution in [-0.4, -0.2) is 79.9 Å². The predicted octanol–water partition coefficient (Wildman–Crippen LogP) is 20.2. The number of nitrogens with one attached hydrogen (secondary N) is 1. The van der Waals surface area contributed by atoms with Crippen molar-refractivity contribution in [2.24, 2.45) is 0 Å². The number of halogens is 20. The Kier molecular flexibility index (Phi) is 44.9. The van der Waals surface area contributed by atoms with Crippen molar-refractivity contribution in [2.45, 2.75) is 43.9 Å². The molecule has 6 rings (SSSR count). The Morgan fingerprint density at radius 3 is 1.33 bits per heavy atom. The molecular weight excluding hydrogens is 3260 g/mol. The Balaban J connectivity index is 0.000000375. The van der Waals surface area contributed by atoms with Crippen LogP contribution in [0.15, 0.2) is 91.4 Å². The van der Waals surface area contributed by atoms with Crippen LogP contribution in [0.4, 0.5) is 12.0 Å². The summed E-state index contributed by atoms with van der Waals surface area (Å²) in [5.41, 5.74) is 8.37.